The maximum absolute atomic E-state index is 3.70. The van der Waals surface area contributed by atoms with E-state index in [1.165, 1.54) is 0 Å². The molecule has 0 saturated carbocycles. The van der Waals surface area contributed by atoms with Crippen LogP contribution in [0.2, 0.25) is 21.5 Å². The Bertz CT molecular complexity index is 370. The third kappa shape index (κ3) is 4.07. The quantitative estimate of drug-likeness (QED) is 0.437. The first-order valence-electron chi connectivity index (χ1n) is 7.75. The second kappa shape index (κ2) is 7.82. The molecule has 0 aliphatic heterocycles. The van der Waals surface area contributed by atoms with Crippen LogP contribution in [-0.2, 0) is 0 Å². The minimum absolute atomic E-state index is 0.626. The second-order valence-electron chi connectivity index (χ2n) is 7.12. The zero-order chi connectivity index (χ0) is 15.4. The van der Waals surface area contributed by atoms with Crippen LogP contribution in [0, 0.1) is 17.7 Å². The average Bonchev–Trinajstić information content (AvgIpc) is 2.26. The summed E-state index contributed by atoms with van der Waals surface area (Å²) in [5.41, 5.74) is 1.72. The van der Waals surface area contributed by atoms with E-state index in [0.717, 1.165) is 0 Å². The Hall–Kier alpha value is 0.164. The predicted molar refractivity (Wildman–Crippen MR) is 94.4 cm³/mol. The first-order valence-corrected chi connectivity index (χ1v) is 14.9. The molecule has 0 amide bonds. The molecule has 0 spiro atoms. The first kappa shape index (κ1) is 19.2. The van der Waals surface area contributed by atoms with Crippen LogP contribution < -0.4 is 0 Å². The van der Waals surface area contributed by atoms with Crippen molar-refractivity contribution < 1.29 is 0 Å². The van der Waals surface area contributed by atoms with E-state index in [1.807, 2.05) is 6.92 Å². The molecule has 0 heterocycles. The van der Waals surface area contributed by atoms with Gasteiger partial charge in [0.15, 0.2) is 0 Å². The molecule has 0 N–H and O–H groups in total. The van der Waals surface area contributed by atoms with Gasteiger partial charge in [0.25, 0.3) is 0 Å². The molecule has 0 atom stereocenters. The van der Waals surface area contributed by atoms with Crippen molar-refractivity contribution in [3.8, 4) is 11.7 Å². The van der Waals surface area contributed by atoms with E-state index in [1.54, 1.807) is 9.06 Å². The van der Waals surface area contributed by atoms with Gasteiger partial charge in [0, 0.05) is 0 Å². The van der Waals surface area contributed by atoms with Gasteiger partial charge in [0.1, 0.15) is 0 Å². The summed E-state index contributed by atoms with van der Waals surface area (Å²) in [6.07, 6.45) is -0.732. The van der Waals surface area contributed by atoms with E-state index in [4.69, 9.17) is 0 Å². The van der Waals surface area contributed by atoms with Gasteiger partial charge < -0.3 is 0 Å². The van der Waals surface area contributed by atoms with E-state index in [-0.39, 0.29) is 0 Å². The van der Waals surface area contributed by atoms with Crippen molar-refractivity contribution >= 4 is 25.9 Å². The average molecular weight is 367 g/mol. The first-order chi connectivity index (χ1) is 8.62. The number of hydrogen-bond donors (Lipinski definition) is 0. The topological polar surface area (TPSA) is 0 Å². The second-order valence-corrected chi connectivity index (χ2v) is 15.0. The summed E-state index contributed by atoms with van der Waals surface area (Å²) in [5, 5.41) is 0. The third-order valence-electron chi connectivity index (χ3n) is 4.81. The molecule has 0 aromatic heterocycles. The van der Waals surface area contributed by atoms with Crippen molar-refractivity contribution in [3.05, 3.63) is 9.06 Å². The van der Waals surface area contributed by atoms with E-state index < -0.39 is 25.9 Å². The van der Waals surface area contributed by atoms with Crippen molar-refractivity contribution in [2.24, 2.45) is 5.92 Å². The molecule has 0 aromatic carbocycles. The fourth-order valence-corrected chi connectivity index (χ4v) is 6.92. The number of rotatable bonds is 5. The van der Waals surface area contributed by atoms with Gasteiger partial charge in [-0.3, -0.25) is 0 Å². The molecule has 108 valence electrons. The van der Waals surface area contributed by atoms with Crippen LogP contribution in [0.15, 0.2) is 9.06 Å². The van der Waals surface area contributed by atoms with E-state index in [0.29, 0.717) is 17.6 Å². The van der Waals surface area contributed by atoms with E-state index in [2.05, 4.69) is 70.1 Å². The normalized spacial score (nSPS) is 13.5. The molecule has 2 heteroatoms. The molecule has 0 rings (SSSR count). The Morgan fingerprint density at radius 2 is 1.37 bits per heavy atom. The van der Waals surface area contributed by atoms with Gasteiger partial charge in [-0.2, -0.15) is 0 Å². The Kier molecular flexibility index (Phi) is 7.88. The molecule has 0 aliphatic rings. The van der Waals surface area contributed by atoms with Crippen molar-refractivity contribution in [3.63, 3.8) is 0 Å². The minimum atomic E-state index is -1.33. The predicted octanol–water partition coefficient (Wildman–Crippen LogP) is 5.62. The van der Waals surface area contributed by atoms with Crippen LogP contribution >= 0.6 is 0 Å². The van der Waals surface area contributed by atoms with E-state index >= 15 is 0 Å². The summed E-state index contributed by atoms with van der Waals surface area (Å²) in [5.74, 6) is 8.84. The molecule has 19 heavy (non-hydrogen) atoms. The van der Waals surface area contributed by atoms with Gasteiger partial charge >= 0.3 is 130 Å². The van der Waals surface area contributed by atoms with Gasteiger partial charge in [-0.25, -0.2) is 0 Å². The Morgan fingerprint density at radius 3 is 1.58 bits per heavy atom. The van der Waals surface area contributed by atoms with Gasteiger partial charge in [-0.1, -0.05) is 0 Å². The Labute approximate surface area is 129 Å². The maximum atomic E-state index is 3.70. The monoisotopic (exact) mass is 368 g/mol. The number of allylic oxidation sites excluding steroid dienone is 2. The zero-order valence-corrected chi connectivity index (χ0v) is 17.7. The fraction of sp³-hybridized carbons (Fsp3) is 0.765. The van der Waals surface area contributed by atoms with Crippen molar-refractivity contribution in [2.75, 3.05) is 0 Å². The van der Waals surface area contributed by atoms with Crippen LogP contribution in [-0.4, -0.2) is 25.9 Å². The van der Waals surface area contributed by atoms with Crippen LogP contribution in [0.1, 0.15) is 55.4 Å². The Balaban J connectivity index is 6.35. The fourth-order valence-electron chi connectivity index (χ4n) is 3.77. The Morgan fingerprint density at radius 1 is 0.947 bits per heavy atom. The molecular weight excluding hydrogens is 334 g/mol. The summed E-state index contributed by atoms with van der Waals surface area (Å²) in [6.45, 7) is 18.6. The van der Waals surface area contributed by atoms with E-state index in [9.17, 15) is 0 Å². The molecule has 0 nitrogen and oxygen atoms in total. The third-order valence-corrected chi connectivity index (χ3v) is 9.91. The summed E-state index contributed by atoms with van der Waals surface area (Å²) in [6, 6.07) is 0. The standard InChI is InChI=1S/C15H27B.2CH3.Sn/c1-9-11-16(13(5)6,14(7)8)15(10-2)12(3)4;;;/h12-14H,1-8H3;2*1H3;/q-1;;;+1. The summed E-state index contributed by atoms with van der Waals surface area (Å²) in [4.78, 5) is 5.00. The number of hydrogen-bond acceptors (Lipinski definition) is 0. The van der Waals surface area contributed by atoms with Crippen LogP contribution in [0.5, 0.6) is 0 Å². The van der Waals surface area contributed by atoms with Crippen molar-refractivity contribution in [1.29, 1.82) is 0 Å². The molecule has 0 radical (unpaired) electrons. The van der Waals surface area contributed by atoms with Gasteiger partial charge in [-0.05, 0) is 0 Å². The molecule has 0 saturated heterocycles. The molecule has 0 aromatic rings. The van der Waals surface area contributed by atoms with Crippen molar-refractivity contribution in [1.82, 2.24) is 0 Å². The summed E-state index contributed by atoms with van der Waals surface area (Å²) >= 11 is -1.33. The van der Waals surface area contributed by atoms with Crippen molar-refractivity contribution in [2.45, 2.75) is 76.9 Å². The molecule has 0 aliphatic carbocycles. The van der Waals surface area contributed by atoms with Gasteiger partial charge in [-0.15, -0.1) is 0 Å². The molecule has 0 bridgehead atoms. The SMILES string of the molecule is CC#C[B-](/C(=[C](/C)[Sn+]([CH3])[CH3])C(C)C)(C(C)C)C(C)C. The van der Waals surface area contributed by atoms with Gasteiger partial charge in [0.2, 0.25) is 0 Å². The van der Waals surface area contributed by atoms with Crippen LogP contribution in [0.25, 0.3) is 0 Å². The van der Waals surface area contributed by atoms with Gasteiger partial charge in [0.05, 0.1) is 0 Å². The van der Waals surface area contributed by atoms with Crippen LogP contribution in [0.4, 0.5) is 0 Å². The van der Waals surface area contributed by atoms with Crippen LogP contribution in [0.3, 0.4) is 0 Å². The zero-order valence-electron chi connectivity index (χ0n) is 14.8. The molecule has 0 fully saturated rings. The summed E-state index contributed by atoms with van der Waals surface area (Å²) < 4.78 is 1.75. The molecule has 0 unspecified atom stereocenters. The summed E-state index contributed by atoms with van der Waals surface area (Å²) in [7, 11) is 0. The molecular formula is C17H33BSn.